The molecule has 1 aliphatic rings. The van der Waals surface area contributed by atoms with Crippen molar-refractivity contribution < 1.29 is 19.1 Å². The zero-order chi connectivity index (χ0) is 26.9. The minimum Gasteiger partial charge on any atom is -0.497 e. The van der Waals surface area contributed by atoms with Crippen molar-refractivity contribution in [2.45, 2.75) is 19.9 Å². The van der Waals surface area contributed by atoms with Crippen molar-refractivity contribution in [1.82, 2.24) is 9.80 Å². The van der Waals surface area contributed by atoms with E-state index in [9.17, 15) is 14.4 Å². The molecule has 0 aromatic heterocycles. The number of piperazine rings is 1. The number of methoxy groups -OCH3 is 1. The molecular weight excluding hydrogens is 480 g/mol. The first-order valence-electron chi connectivity index (χ1n) is 12.9. The second-order valence-corrected chi connectivity index (χ2v) is 9.19. The normalized spacial score (nSPS) is 13.1. The summed E-state index contributed by atoms with van der Waals surface area (Å²) < 4.78 is 5.17. The van der Waals surface area contributed by atoms with Crippen molar-refractivity contribution in [3.8, 4) is 5.75 Å². The third kappa shape index (κ3) is 6.91. The molecule has 1 heterocycles. The highest BCUT2D eigenvalue weighted by Crippen LogP contribution is 2.21. The van der Waals surface area contributed by atoms with E-state index in [4.69, 9.17) is 4.74 Å². The molecule has 8 nitrogen and oxygen atoms in total. The molecule has 1 N–H and O–H groups in total. The summed E-state index contributed by atoms with van der Waals surface area (Å²) in [7, 11) is 1.60. The van der Waals surface area contributed by atoms with Gasteiger partial charge in [-0.25, -0.2) is 0 Å². The van der Waals surface area contributed by atoms with Gasteiger partial charge in [-0.05, 0) is 54.1 Å². The maximum Gasteiger partial charge on any atom is 0.253 e. The maximum atomic E-state index is 12.8. The standard InChI is InChI=1S/C30H34N4O4/c1-3-29(36)34(21-23-7-5-4-6-8-23)22-28(35)31-25-11-13-26(14-12-25)32-17-19-33(20-18-32)30(37)24-9-15-27(38-2)16-10-24/h4-16H,3,17-22H2,1-2H3,(H,31,35). The van der Waals surface area contributed by atoms with Gasteiger partial charge in [-0.2, -0.15) is 0 Å². The molecule has 8 heteroatoms. The van der Waals surface area contributed by atoms with E-state index in [1.54, 1.807) is 43.2 Å². The molecule has 0 unspecified atom stereocenters. The Labute approximate surface area is 223 Å². The summed E-state index contributed by atoms with van der Waals surface area (Å²) in [5.41, 5.74) is 3.35. The van der Waals surface area contributed by atoms with Gasteiger partial charge in [-0.3, -0.25) is 14.4 Å². The summed E-state index contributed by atoms with van der Waals surface area (Å²) in [6.45, 7) is 4.90. The van der Waals surface area contributed by atoms with Gasteiger partial charge in [-0.1, -0.05) is 37.3 Å². The van der Waals surface area contributed by atoms with Crippen LogP contribution in [0, 0.1) is 0 Å². The van der Waals surface area contributed by atoms with Crippen molar-refractivity contribution in [2.75, 3.05) is 50.1 Å². The molecule has 3 aromatic carbocycles. The number of hydrogen-bond acceptors (Lipinski definition) is 5. The highest BCUT2D eigenvalue weighted by Gasteiger charge is 2.22. The lowest BCUT2D eigenvalue weighted by molar-refractivity contribution is -0.135. The van der Waals surface area contributed by atoms with Crippen LogP contribution in [0.1, 0.15) is 29.3 Å². The maximum absolute atomic E-state index is 12.8. The second-order valence-electron chi connectivity index (χ2n) is 9.19. The molecule has 0 spiro atoms. The number of rotatable bonds is 9. The van der Waals surface area contributed by atoms with Gasteiger partial charge >= 0.3 is 0 Å². The van der Waals surface area contributed by atoms with Gasteiger partial charge in [0.2, 0.25) is 11.8 Å². The first kappa shape index (κ1) is 26.7. The Balaban J connectivity index is 1.28. The minimum atomic E-state index is -0.235. The lowest BCUT2D eigenvalue weighted by Gasteiger charge is -2.36. The molecule has 0 atom stereocenters. The van der Waals surface area contributed by atoms with Crippen molar-refractivity contribution >= 4 is 29.1 Å². The molecule has 1 saturated heterocycles. The Morgan fingerprint density at radius 3 is 2.13 bits per heavy atom. The van der Waals surface area contributed by atoms with Crippen molar-refractivity contribution in [3.05, 3.63) is 90.0 Å². The van der Waals surface area contributed by atoms with Gasteiger partial charge in [0.15, 0.2) is 0 Å². The van der Waals surface area contributed by atoms with Crippen LogP contribution in [0.5, 0.6) is 5.75 Å². The van der Waals surface area contributed by atoms with E-state index >= 15 is 0 Å². The summed E-state index contributed by atoms with van der Waals surface area (Å²) in [6.07, 6.45) is 0.341. The van der Waals surface area contributed by atoms with Crippen LogP contribution in [0.25, 0.3) is 0 Å². The number of nitrogens with zero attached hydrogens (tertiary/aromatic N) is 3. The Bertz CT molecular complexity index is 1220. The summed E-state index contributed by atoms with van der Waals surface area (Å²) >= 11 is 0. The first-order valence-corrected chi connectivity index (χ1v) is 12.9. The summed E-state index contributed by atoms with van der Waals surface area (Å²) in [5.74, 6) is 0.447. The van der Waals surface area contributed by atoms with Crippen molar-refractivity contribution in [1.29, 1.82) is 0 Å². The fraction of sp³-hybridized carbons (Fsp3) is 0.300. The van der Waals surface area contributed by atoms with Crippen LogP contribution in [0.4, 0.5) is 11.4 Å². The molecule has 1 aliphatic heterocycles. The Morgan fingerprint density at radius 2 is 1.53 bits per heavy atom. The van der Waals surface area contributed by atoms with Gasteiger partial charge in [-0.15, -0.1) is 0 Å². The van der Waals surface area contributed by atoms with Gasteiger partial charge in [0.1, 0.15) is 12.3 Å². The van der Waals surface area contributed by atoms with Crippen LogP contribution >= 0.6 is 0 Å². The summed E-state index contributed by atoms with van der Waals surface area (Å²) in [5, 5.41) is 2.90. The molecule has 38 heavy (non-hydrogen) atoms. The predicted octanol–water partition coefficient (Wildman–Crippen LogP) is 4.03. The first-order chi connectivity index (χ1) is 18.5. The number of carbonyl (C=O) groups is 3. The number of nitrogens with one attached hydrogen (secondary N) is 1. The lowest BCUT2D eigenvalue weighted by Crippen LogP contribution is -2.48. The van der Waals surface area contributed by atoms with Crippen molar-refractivity contribution in [3.63, 3.8) is 0 Å². The molecule has 3 amide bonds. The number of carbonyl (C=O) groups excluding carboxylic acids is 3. The van der Waals surface area contributed by atoms with Gasteiger partial charge in [0, 0.05) is 56.1 Å². The highest BCUT2D eigenvalue weighted by molar-refractivity contribution is 5.95. The molecule has 4 rings (SSSR count). The third-order valence-electron chi connectivity index (χ3n) is 6.63. The lowest BCUT2D eigenvalue weighted by atomic mass is 10.1. The number of ether oxygens (including phenoxy) is 1. The van der Waals surface area contributed by atoms with E-state index < -0.39 is 0 Å². The topological polar surface area (TPSA) is 82.2 Å². The number of anilines is 2. The Hall–Kier alpha value is -4.33. The monoisotopic (exact) mass is 514 g/mol. The average molecular weight is 515 g/mol. The Morgan fingerprint density at radius 1 is 0.868 bits per heavy atom. The number of hydrogen-bond donors (Lipinski definition) is 1. The van der Waals surface area contributed by atoms with Crippen LogP contribution in [-0.2, 0) is 16.1 Å². The van der Waals surface area contributed by atoms with E-state index in [0.29, 0.717) is 37.3 Å². The van der Waals surface area contributed by atoms with Crippen LogP contribution in [0.3, 0.4) is 0 Å². The zero-order valence-electron chi connectivity index (χ0n) is 21.9. The van der Waals surface area contributed by atoms with Crippen LogP contribution < -0.4 is 15.0 Å². The molecule has 0 bridgehead atoms. The van der Waals surface area contributed by atoms with E-state index in [2.05, 4.69) is 10.2 Å². The molecule has 3 aromatic rings. The van der Waals surface area contributed by atoms with Crippen LogP contribution in [0.15, 0.2) is 78.9 Å². The molecule has 1 fully saturated rings. The average Bonchev–Trinajstić information content (AvgIpc) is 2.97. The third-order valence-corrected chi connectivity index (χ3v) is 6.63. The Kier molecular flexibility index (Phi) is 8.98. The molecule has 0 radical (unpaired) electrons. The fourth-order valence-electron chi connectivity index (χ4n) is 4.47. The van der Waals surface area contributed by atoms with Gasteiger partial charge in [0.25, 0.3) is 5.91 Å². The summed E-state index contributed by atoms with van der Waals surface area (Å²) in [6, 6.07) is 24.5. The number of amides is 3. The molecule has 0 aliphatic carbocycles. The molecular formula is C30H34N4O4. The summed E-state index contributed by atoms with van der Waals surface area (Å²) in [4.78, 5) is 43.6. The van der Waals surface area contributed by atoms with Crippen molar-refractivity contribution in [2.24, 2.45) is 0 Å². The van der Waals surface area contributed by atoms with E-state index in [1.165, 1.54) is 0 Å². The zero-order valence-corrected chi connectivity index (χ0v) is 21.9. The van der Waals surface area contributed by atoms with Crippen LogP contribution in [-0.4, -0.2) is 67.4 Å². The second kappa shape index (κ2) is 12.8. The van der Waals surface area contributed by atoms with Crippen LogP contribution in [0.2, 0.25) is 0 Å². The quantitative estimate of drug-likeness (QED) is 0.466. The fourth-order valence-corrected chi connectivity index (χ4v) is 4.47. The van der Waals surface area contributed by atoms with E-state index in [-0.39, 0.29) is 24.3 Å². The van der Waals surface area contributed by atoms with E-state index in [1.807, 2.05) is 59.5 Å². The predicted molar refractivity (Wildman–Crippen MR) is 148 cm³/mol. The molecule has 198 valence electrons. The SMILES string of the molecule is CCC(=O)N(CC(=O)Nc1ccc(N2CCN(C(=O)c3ccc(OC)cc3)CC2)cc1)Cc1ccccc1. The van der Waals surface area contributed by atoms with E-state index in [0.717, 1.165) is 30.1 Å². The largest absolute Gasteiger partial charge is 0.497 e. The smallest absolute Gasteiger partial charge is 0.253 e. The highest BCUT2D eigenvalue weighted by atomic mass is 16.5. The van der Waals surface area contributed by atoms with Gasteiger partial charge in [0.05, 0.1) is 7.11 Å². The van der Waals surface area contributed by atoms with Gasteiger partial charge < -0.3 is 24.8 Å². The molecule has 0 saturated carbocycles. The number of benzene rings is 3. The minimum absolute atomic E-state index is 0.00645.